The summed E-state index contributed by atoms with van der Waals surface area (Å²) in [6.07, 6.45) is 8.73. The van der Waals surface area contributed by atoms with Gasteiger partial charge in [-0.1, -0.05) is 6.42 Å². The summed E-state index contributed by atoms with van der Waals surface area (Å²) in [5.74, 6) is 0.524. The van der Waals surface area contributed by atoms with Crippen molar-refractivity contribution in [2.24, 2.45) is 11.7 Å². The van der Waals surface area contributed by atoms with Gasteiger partial charge in [-0.3, -0.25) is 4.79 Å². The van der Waals surface area contributed by atoms with E-state index in [1.807, 2.05) is 4.90 Å². The normalized spacial score (nSPS) is 29.7. The number of carbonyl (C=O) groups is 1. The van der Waals surface area contributed by atoms with Crippen LogP contribution in [0.15, 0.2) is 0 Å². The number of rotatable bonds is 6. The molecule has 2 rings (SSSR count). The van der Waals surface area contributed by atoms with Crippen molar-refractivity contribution >= 4 is 15.9 Å². The van der Waals surface area contributed by atoms with Gasteiger partial charge >= 0.3 is 0 Å². The molecular weight excluding hydrogens is 302 g/mol. The van der Waals surface area contributed by atoms with E-state index in [1.54, 1.807) is 0 Å². The summed E-state index contributed by atoms with van der Waals surface area (Å²) in [5, 5.41) is 0. The number of nitrogens with two attached hydrogens (primary N) is 1. The van der Waals surface area contributed by atoms with Crippen LogP contribution < -0.4 is 10.5 Å². The van der Waals surface area contributed by atoms with Crippen molar-refractivity contribution in [3.05, 3.63) is 0 Å². The molecule has 6 nitrogen and oxygen atoms in total. The zero-order valence-electron chi connectivity index (χ0n) is 13.5. The van der Waals surface area contributed by atoms with Crippen LogP contribution in [0.4, 0.5) is 0 Å². The number of nitrogens with zero attached hydrogens (tertiary/aromatic N) is 1. The highest BCUT2D eigenvalue weighted by Crippen LogP contribution is 2.29. The molecule has 1 heterocycles. The van der Waals surface area contributed by atoms with Crippen molar-refractivity contribution in [1.29, 1.82) is 0 Å². The number of piperidine rings is 1. The lowest BCUT2D eigenvalue weighted by Gasteiger charge is -2.37. The summed E-state index contributed by atoms with van der Waals surface area (Å²) >= 11 is 0. The molecular formula is C15H29N3O3S. The maximum atomic E-state index is 12.6. The first-order valence-electron chi connectivity index (χ1n) is 8.36. The van der Waals surface area contributed by atoms with E-state index < -0.39 is 10.0 Å². The molecule has 0 bridgehead atoms. The Bertz CT molecular complexity index is 480. The molecule has 3 N–H and O–H groups in total. The van der Waals surface area contributed by atoms with Crippen LogP contribution in [-0.4, -0.2) is 50.7 Å². The maximum absolute atomic E-state index is 12.6. The highest BCUT2D eigenvalue weighted by molar-refractivity contribution is 7.88. The SMILES string of the molecule is CS(=O)(=O)NCCC1CCCCN1C(=O)C[C@@H]1CCC[C@H]1N. The Morgan fingerprint density at radius 2 is 2.00 bits per heavy atom. The third kappa shape index (κ3) is 5.21. The summed E-state index contributed by atoms with van der Waals surface area (Å²) in [6.45, 7) is 1.19. The Labute approximate surface area is 133 Å². The zero-order chi connectivity index (χ0) is 16.2. The minimum absolute atomic E-state index is 0.160. The second-order valence-electron chi connectivity index (χ2n) is 6.75. The first-order chi connectivity index (χ1) is 10.4. The second-order valence-corrected chi connectivity index (χ2v) is 8.58. The van der Waals surface area contributed by atoms with Crippen molar-refractivity contribution in [2.45, 2.75) is 63.5 Å². The molecule has 1 unspecified atom stereocenters. The summed E-state index contributed by atoms with van der Waals surface area (Å²) in [6, 6.07) is 0.326. The predicted molar refractivity (Wildman–Crippen MR) is 86.7 cm³/mol. The Morgan fingerprint density at radius 3 is 2.64 bits per heavy atom. The fourth-order valence-electron chi connectivity index (χ4n) is 3.70. The van der Waals surface area contributed by atoms with Crippen molar-refractivity contribution in [2.75, 3.05) is 19.3 Å². The molecule has 0 aromatic heterocycles. The Balaban J connectivity index is 1.86. The van der Waals surface area contributed by atoms with Crippen LogP contribution in [0.2, 0.25) is 0 Å². The fourth-order valence-corrected chi connectivity index (χ4v) is 4.19. The van der Waals surface area contributed by atoms with E-state index >= 15 is 0 Å². The number of nitrogens with one attached hydrogen (secondary N) is 1. The van der Waals surface area contributed by atoms with E-state index in [4.69, 9.17) is 5.73 Å². The van der Waals surface area contributed by atoms with E-state index in [9.17, 15) is 13.2 Å². The Morgan fingerprint density at radius 1 is 1.23 bits per heavy atom. The van der Waals surface area contributed by atoms with Gasteiger partial charge < -0.3 is 10.6 Å². The minimum atomic E-state index is -3.16. The van der Waals surface area contributed by atoms with Gasteiger partial charge in [0.25, 0.3) is 0 Å². The van der Waals surface area contributed by atoms with Crippen LogP contribution in [0.1, 0.15) is 51.4 Å². The van der Waals surface area contributed by atoms with Crippen LogP contribution in [0, 0.1) is 5.92 Å². The van der Waals surface area contributed by atoms with Crippen LogP contribution in [-0.2, 0) is 14.8 Å². The number of hydrogen-bond donors (Lipinski definition) is 2. The number of likely N-dealkylation sites (tertiary alicyclic amines) is 1. The van der Waals surface area contributed by atoms with Gasteiger partial charge in [-0.2, -0.15) is 0 Å². The molecule has 22 heavy (non-hydrogen) atoms. The molecule has 3 atom stereocenters. The summed E-state index contributed by atoms with van der Waals surface area (Å²) in [7, 11) is -3.16. The van der Waals surface area contributed by atoms with Crippen molar-refractivity contribution in [1.82, 2.24) is 9.62 Å². The Kier molecular flexibility index (Phi) is 6.23. The van der Waals surface area contributed by atoms with E-state index in [0.717, 1.165) is 51.3 Å². The molecule has 0 radical (unpaired) electrons. The van der Waals surface area contributed by atoms with Crippen molar-refractivity contribution in [3.8, 4) is 0 Å². The molecule has 1 aliphatic heterocycles. The van der Waals surface area contributed by atoms with Crippen molar-refractivity contribution < 1.29 is 13.2 Å². The van der Waals surface area contributed by atoms with Gasteiger partial charge in [-0.05, 0) is 44.4 Å². The molecule has 7 heteroatoms. The lowest BCUT2D eigenvalue weighted by Crippen LogP contribution is -2.46. The lowest BCUT2D eigenvalue weighted by molar-refractivity contribution is -0.136. The van der Waals surface area contributed by atoms with Gasteiger partial charge in [0, 0.05) is 31.6 Å². The zero-order valence-corrected chi connectivity index (χ0v) is 14.3. The standard InChI is InChI=1S/C15H29N3O3S/c1-22(20,21)17-9-8-13-6-2-3-10-18(13)15(19)11-12-5-4-7-14(12)16/h12-14,17H,2-11,16H2,1H3/t12-,13?,14+/m0/s1. The number of carbonyl (C=O) groups excluding carboxylic acids is 1. The highest BCUT2D eigenvalue weighted by Gasteiger charge is 2.31. The third-order valence-electron chi connectivity index (χ3n) is 4.94. The largest absolute Gasteiger partial charge is 0.340 e. The van der Waals surface area contributed by atoms with Crippen LogP contribution in [0.3, 0.4) is 0 Å². The van der Waals surface area contributed by atoms with Gasteiger partial charge in [0.2, 0.25) is 15.9 Å². The average Bonchev–Trinajstić information content (AvgIpc) is 2.83. The minimum Gasteiger partial charge on any atom is -0.340 e. The molecule has 0 spiro atoms. The molecule has 2 fully saturated rings. The van der Waals surface area contributed by atoms with Gasteiger partial charge in [-0.25, -0.2) is 13.1 Å². The molecule has 2 aliphatic rings. The van der Waals surface area contributed by atoms with E-state index in [1.165, 1.54) is 0 Å². The quantitative estimate of drug-likeness (QED) is 0.754. The smallest absolute Gasteiger partial charge is 0.223 e. The molecule has 0 aromatic rings. The van der Waals surface area contributed by atoms with Gasteiger partial charge in [-0.15, -0.1) is 0 Å². The molecule has 1 aliphatic carbocycles. The van der Waals surface area contributed by atoms with E-state index in [0.29, 0.717) is 25.3 Å². The van der Waals surface area contributed by atoms with Gasteiger partial charge in [0.1, 0.15) is 0 Å². The van der Waals surface area contributed by atoms with Gasteiger partial charge in [0.15, 0.2) is 0 Å². The first kappa shape index (κ1) is 17.7. The van der Waals surface area contributed by atoms with Gasteiger partial charge in [0.05, 0.1) is 6.26 Å². The number of hydrogen-bond acceptors (Lipinski definition) is 4. The van der Waals surface area contributed by atoms with E-state index in [-0.39, 0.29) is 18.0 Å². The average molecular weight is 331 g/mol. The number of amides is 1. The number of sulfonamides is 1. The predicted octanol–water partition coefficient (Wildman–Crippen LogP) is 0.824. The molecule has 1 saturated heterocycles. The summed E-state index contributed by atoms with van der Waals surface area (Å²) < 4.78 is 24.8. The summed E-state index contributed by atoms with van der Waals surface area (Å²) in [5.41, 5.74) is 6.07. The second kappa shape index (κ2) is 7.75. The third-order valence-corrected chi connectivity index (χ3v) is 5.67. The molecule has 128 valence electrons. The monoisotopic (exact) mass is 331 g/mol. The molecule has 0 aromatic carbocycles. The lowest BCUT2D eigenvalue weighted by atomic mass is 9.95. The van der Waals surface area contributed by atoms with Crippen LogP contribution >= 0.6 is 0 Å². The topological polar surface area (TPSA) is 92.5 Å². The summed E-state index contributed by atoms with van der Waals surface area (Å²) in [4.78, 5) is 14.6. The van der Waals surface area contributed by atoms with Crippen LogP contribution in [0.25, 0.3) is 0 Å². The molecule has 1 saturated carbocycles. The molecule has 1 amide bonds. The van der Waals surface area contributed by atoms with Crippen molar-refractivity contribution in [3.63, 3.8) is 0 Å². The van der Waals surface area contributed by atoms with Crippen LogP contribution in [0.5, 0.6) is 0 Å². The first-order valence-corrected chi connectivity index (χ1v) is 10.3. The van der Waals surface area contributed by atoms with E-state index in [2.05, 4.69) is 4.72 Å². The maximum Gasteiger partial charge on any atom is 0.223 e. The highest BCUT2D eigenvalue weighted by atomic mass is 32.2. The fraction of sp³-hybridized carbons (Fsp3) is 0.933. The Hall–Kier alpha value is -0.660.